The Bertz CT molecular complexity index is 692. The van der Waals surface area contributed by atoms with E-state index in [1.165, 1.54) is 18.2 Å². The van der Waals surface area contributed by atoms with Gasteiger partial charge in [-0.15, -0.1) is 0 Å². The molecule has 2 rings (SSSR count). The number of Topliss-reactive ketones (excluding diaryl/α,β-unsaturated/α-hetero) is 1. The van der Waals surface area contributed by atoms with Crippen molar-refractivity contribution >= 4 is 11.8 Å². The zero-order valence-corrected chi connectivity index (χ0v) is 11.9. The number of hydrogen-bond acceptors (Lipinski definition) is 3. The molecule has 21 heavy (non-hydrogen) atoms. The van der Waals surface area contributed by atoms with E-state index in [2.05, 4.69) is 0 Å². The molecule has 0 radical (unpaired) electrons. The number of aryl methyl sites for hydroxylation is 2. The van der Waals surface area contributed by atoms with Gasteiger partial charge in [0.2, 0.25) is 5.78 Å². The summed E-state index contributed by atoms with van der Waals surface area (Å²) in [6.07, 6.45) is 0. The molecule has 0 bridgehead atoms. The van der Waals surface area contributed by atoms with Gasteiger partial charge in [-0.05, 0) is 49.2 Å². The zero-order valence-electron chi connectivity index (χ0n) is 11.9. The summed E-state index contributed by atoms with van der Waals surface area (Å²) in [7, 11) is 0. The molecule has 0 heterocycles. The van der Waals surface area contributed by atoms with Gasteiger partial charge in [-0.1, -0.05) is 18.2 Å². The number of ether oxygens (including phenoxy) is 1. The third-order valence-corrected chi connectivity index (χ3v) is 3.25. The molecule has 0 aliphatic rings. The first-order valence-electron chi connectivity index (χ1n) is 6.51. The summed E-state index contributed by atoms with van der Waals surface area (Å²) < 4.78 is 18.4. The smallest absolute Gasteiger partial charge is 0.338 e. The van der Waals surface area contributed by atoms with Crippen LogP contribution in [0.2, 0.25) is 0 Å². The van der Waals surface area contributed by atoms with Crippen LogP contribution in [0.1, 0.15) is 31.8 Å². The van der Waals surface area contributed by atoms with Crippen LogP contribution in [0, 0.1) is 19.7 Å². The number of ketones is 1. The van der Waals surface area contributed by atoms with Crippen molar-refractivity contribution in [2.24, 2.45) is 0 Å². The predicted octanol–water partition coefficient (Wildman–Crippen LogP) is 3.48. The van der Waals surface area contributed by atoms with Crippen molar-refractivity contribution in [1.29, 1.82) is 0 Å². The van der Waals surface area contributed by atoms with Crippen molar-refractivity contribution in [1.82, 2.24) is 0 Å². The lowest BCUT2D eigenvalue weighted by Gasteiger charge is -2.07. The topological polar surface area (TPSA) is 43.4 Å². The highest BCUT2D eigenvalue weighted by Gasteiger charge is 2.14. The highest BCUT2D eigenvalue weighted by Crippen LogP contribution is 2.12. The van der Waals surface area contributed by atoms with E-state index in [4.69, 9.17) is 4.74 Å². The van der Waals surface area contributed by atoms with Crippen molar-refractivity contribution in [2.45, 2.75) is 13.8 Å². The molecule has 4 heteroatoms. The first kappa shape index (κ1) is 14.9. The Morgan fingerprint density at radius 2 is 1.76 bits per heavy atom. The Morgan fingerprint density at radius 3 is 2.43 bits per heavy atom. The Morgan fingerprint density at radius 1 is 1.05 bits per heavy atom. The highest BCUT2D eigenvalue weighted by atomic mass is 19.1. The molecule has 0 aliphatic heterocycles. The monoisotopic (exact) mass is 286 g/mol. The van der Waals surface area contributed by atoms with Crippen LogP contribution in [-0.4, -0.2) is 18.4 Å². The first-order chi connectivity index (χ1) is 9.99. The van der Waals surface area contributed by atoms with E-state index in [0.29, 0.717) is 5.56 Å². The quantitative estimate of drug-likeness (QED) is 0.638. The fourth-order valence-corrected chi connectivity index (χ4v) is 1.85. The van der Waals surface area contributed by atoms with E-state index in [0.717, 1.165) is 11.1 Å². The molecule has 3 nitrogen and oxygen atoms in total. The van der Waals surface area contributed by atoms with Gasteiger partial charge < -0.3 is 4.74 Å². The molecule has 2 aromatic rings. The maximum atomic E-state index is 13.4. The van der Waals surface area contributed by atoms with E-state index < -0.39 is 24.2 Å². The lowest BCUT2D eigenvalue weighted by molar-refractivity contribution is 0.0473. The Hall–Kier alpha value is -2.49. The number of esters is 1. The molecule has 0 saturated carbocycles. The number of hydrogen-bond donors (Lipinski definition) is 0. The van der Waals surface area contributed by atoms with E-state index in [9.17, 15) is 14.0 Å². The molecule has 0 spiro atoms. The Kier molecular flexibility index (Phi) is 4.48. The molecule has 0 N–H and O–H groups in total. The third-order valence-electron chi connectivity index (χ3n) is 3.25. The SMILES string of the molecule is Cc1ccc(C(=O)OCC(=O)c2ccccc2F)cc1C. The van der Waals surface area contributed by atoms with Crippen LogP contribution < -0.4 is 0 Å². The zero-order chi connectivity index (χ0) is 15.4. The fraction of sp³-hybridized carbons (Fsp3) is 0.176. The van der Waals surface area contributed by atoms with Gasteiger partial charge in [0.05, 0.1) is 11.1 Å². The number of carbonyl (C=O) groups is 2. The average molecular weight is 286 g/mol. The fourth-order valence-electron chi connectivity index (χ4n) is 1.85. The van der Waals surface area contributed by atoms with E-state index in [1.54, 1.807) is 18.2 Å². The van der Waals surface area contributed by atoms with Crippen LogP contribution in [-0.2, 0) is 4.74 Å². The average Bonchev–Trinajstić information content (AvgIpc) is 2.47. The van der Waals surface area contributed by atoms with Gasteiger partial charge in [0.1, 0.15) is 5.82 Å². The van der Waals surface area contributed by atoms with E-state index in [-0.39, 0.29) is 5.56 Å². The summed E-state index contributed by atoms with van der Waals surface area (Å²) in [6.45, 7) is 3.34. The van der Waals surface area contributed by atoms with Crippen molar-refractivity contribution < 1.29 is 18.7 Å². The summed E-state index contributed by atoms with van der Waals surface area (Å²) in [5.74, 6) is -1.78. The molecule has 0 aliphatic carbocycles. The van der Waals surface area contributed by atoms with Crippen LogP contribution >= 0.6 is 0 Å². The molecular formula is C17H15FO3. The molecule has 0 aromatic heterocycles. The van der Waals surface area contributed by atoms with E-state index in [1.807, 2.05) is 19.9 Å². The van der Waals surface area contributed by atoms with Crippen molar-refractivity contribution in [3.63, 3.8) is 0 Å². The van der Waals surface area contributed by atoms with Crippen LogP contribution in [0.15, 0.2) is 42.5 Å². The second-order valence-electron chi connectivity index (χ2n) is 4.78. The summed E-state index contributed by atoms with van der Waals surface area (Å²) in [6, 6.07) is 10.8. The van der Waals surface area contributed by atoms with Crippen LogP contribution in [0.5, 0.6) is 0 Å². The minimum absolute atomic E-state index is 0.0783. The van der Waals surface area contributed by atoms with Crippen molar-refractivity contribution in [3.05, 3.63) is 70.5 Å². The molecule has 0 unspecified atom stereocenters. The van der Waals surface area contributed by atoms with Crippen molar-refractivity contribution in [3.8, 4) is 0 Å². The summed E-state index contributed by atoms with van der Waals surface area (Å²) in [5.41, 5.74) is 2.32. The third kappa shape index (κ3) is 3.54. The molecule has 0 atom stereocenters. The molecule has 2 aromatic carbocycles. The molecule has 0 amide bonds. The summed E-state index contributed by atoms with van der Waals surface area (Å²) in [4.78, 5) is 23.7. The lowest BCUT2D eigenvalue weighted by atomic mass is 10.1. The Labute approximate surface area is 122 Å². The molecule has 108 valence electrons. The number of benzene rings is 2. The number of halogens is 1. The van der Waals surface area contributed by atoms with E-state index >= 15 is 0 Å². The second kappa shape index (κ2) is 6.31. The van der Waals surface area contributed by atoms with Crippen molar-refractivity contribution in [2.75, 3.05) is 6.61 Å². The van der Waals surface area contributed by atoms with Crippen LogP contribution in [0.3, 0.4) is 0 Å². The highest BCUT2D eigenvalue weighted by molar-refractivity contribution is 5.99. The predicted molar refractivity (Wildman–Crippen MR) is 76.9 cm³/mol. The molecule has 0 saturated heterocycles. The minimum atomic E-state index is -0.621. The number of rotatable bonds is 4. The molecular weight excluding hydrogens is 271 g/mol. The van der Waals surface area contributed by atoms with Gasteiger partial charge in [0.15, 0.2) is 6.61 Å². The lowest BCUT2D eigenvalue weighted by Crippen LogP contribution is -2.15. The largest absolute Gasteiger partial charge is 0.454 e. The van der Waals surface area contributed by atoms with Gasteiger partial charge in [-0.3, -0.25) is 4.79 Å². The number of carbonyl (C=O) groups excluding carboxylic acids is 2. The maximum absolute atomic E-state index is 13.4. The van der Waals surface area contributed by atoms with Gasteiger partial charge >= 0.3 is 5.97 Å². The summed E-state index contributed by atoms with van der Waals surface area (Å²) >= 11 is 0. The summed E-state index contributed by atoms with van der Waals surface area (Å²) in [5, 5.41) is 0. The minimum Gasteiger partial charge on any atom is -0.454 e. The van der Waals surface area contributed by atoms with Gasteiger partial charge in [0, 0.05) is 0 Å². The molecule has 0 fully saturated rings. The van der Waals surface area contributed by atoms with Gasteiger partial charge in [-0.25, -0.2) is 9.18 Å². The van der Waals surface area contributed by atoms with Crippen LogP contribution in [0.4, 0.5) is 4.39 Å². The standard InChI is InChI=1S/C17H15FO3/c1-11-7-8-13(9-12(11)2)17(20)21-10-16(19)14-5-3-4-6-15(14)18/h3-9H,10H2,1-2H3. The maximum Gasteiger partial charge on any atom is 0.338 e. The Balaban J connectivity index is 2.02. The van der Waals surface area contributed by atoms with Crippen LogP contribution in [0.25, 0.3) is 0 Å². The van der Waals surface area contributed by atoms with Gasteiger partial charge in [0.25, 0.3) is 0 Å². The second-order valence-corrected chi connectivity index (χ2v) is 4.78. The normalized spacial score (nSPS) is 10.2. The van der Waals surface area contributed by atoms with Gasteiger partial charge in [-0.2, -0.15) is 0 Å². The first-order valence-corrected chi connectivity index (χ1v) is 6.51.